The number of nitrogens with zero attached hydrogens (tertiary/aromatic N) is 3. The zero-order valence-electron chi connectivity index (χ0n) is 15.3. The SMILES string of the molecule is CN(C)CCn1c(SCC(=O)NCc2cccs2)nc2ccccc2c1=O. The van der Waals surface area contributed by atoms with Gasteiger partial charge in [0.05, 0.1) is 23.2 Å². The van der Waals surface area contributed by atoms with Crippen LogP contribution in [0.15, 0.2) is 51.7 Å². The number of hydrogen-bond donors (Lipinski definition) is 1. The van der Waals surface area contributed by atoms with E-state index in [4.69, 9.17) is 0 Å². The van der Waals surface area contributed by atoms with Crippen LogP contribution in [0.3, 0.4) is 0 Å². The van der Waals surface area contributed by atoms with Gasteiger partial charge >= 0.3 is 0 Å². The van der Waals surface area contributed by atoms with E-state index in [1.807, 2.05) is 54.7 Å². The summed E-state index contributed by atoms with van der Waals surface area (Å²) >= 11 is 2.91. The lowest BCUT2D eigenvalue weighted by molar-refractivity contribution is -0.118. The lowest BCUT2D eigenvalue weighted by Crippen LogP contribution is -2.29. The van der Waals surface area contributed by atoms with E-state index in [-0.39, 0.29) is 17.2 Å². The number of thiophene rings is 1. The number of para-hydroxylation sites is 1. The van der Waals surface area contributed by atoms with Crippen molar-refractivity contribution < 1.29 is 4.79 Å². The monoisotopic (exact) mass is 402 g/mol. The van der Waals surface area contributed by atoms with Gasteiger partial charge in [0.2, 0.25) is 5.91 Å². The largest absolute Gasteiger partial charge is 0.350 e. The second-order valence-electron chi connectivity index (χ2n) is 6.32. The number of thioether (sulfide) groups is 1. The highest BCUT2D eigenvalue weighted by atomic mass is 32.2. The first kappa shape index (κ1) is 19.6. The van der Waals surface area contributed by atoms with Gasteiger partial charge in [0.25, 0.3) is 5.56 Å². The summed E-state index contributed by atoms with van der Waals surface area (Å²) in [6.45, 7) is 1.77. The van der Waals surface area contributed by atoms with Crippen molar-refractivity contribution in [1.82, 2.24) is 19.8 Å². The summed E-state index contributed by atoms with van der Waals surface area (Å²) in [5.41, 5.74) is 0.592. The Morgan fingerprint density at radius 3 is 2.81 bits per heavy atom. The normalized spacial score (nSPS) is 11.2. The van der Waals surface area contributed by atoms with Crippen molar-refractivity contribution in [3.63, 3.8) is 0 Å². The van der Waals surface area contributed by atoms with Crippen molar-refractivity contribution in [2.45, 2.75) is 18.2 Å². The van der Waals surface area contributed by atoms with Crippen LogP contribution in [0.5, 0.6) is 0 Å². The molecule has 2 heterocycles. The standard InChI is InChI=1S/C19H22N4O2S2/c1-22(2)9-10-23-18(25)15-7-3-4-8-16(15)21-19(23)27-13-17(24)20-12-14-6-5-11-26-14/h3-8,11H,9-10,12-13H2,1-2H3,(H,20,24). The minimum Gasteiger partial charge on any atom is -0.350 e. The molecular weight excluding hydrogens is 380 g/mol. The Hall–Kier alpha value is -2.16. The molecule has 3 rings (SSSR count). The predicted octanol–water partition coefficient (Wildman–Crippen LogP) is 2.43. The zero-order chi connectivity index (χ0) is 19.2. The second-order valence-corrected chi connectivity index (χ2v) is 8.29. The molecule has 3 aromatic rings. The molecule has 1 N–H and O–H groups in total. The summed E-state index contributed by atoms with van der Waals surface area (Å²) in [5.74, 6) is 0.146. The fraction of sp³-hybridized carbons (Fsp3) is 0.316. The molecule has 1 amide bonds. The maximum Gasteiger partial charge on any atom is 0.262 e. The summed E-state index contributed by atoms with van der Waals surface area (Å²) < 4.78 is 1.67. The quantitative estimate of drug-likeness (QED) is 0.463. The number of benzene rings is 1. The minimum atomic E-state index is -0.0741. The molecule has 142 valence electrons. The molecule has 0 atom stereocenters. The Morgan fingerprint density at radius 2 is 2.07 bits per heavy atom. The molecule has 0 fully saturated rings. The molecule has 0 aliphatic rings. The molecule has 1 aromatic carbocycles. The van der Waals surface area contributed by atoms with Crippen LogP contribution in [0.25, 0.3) is 10.9 Å². The first-order chi connectivity index (χ1) is 13.0. The van der Waals surface area contributed by atoms with Crippen molar-refractivity contribution in [3.8, 4) is 0 Å². The van der Waals surface area contributed by atoms with E-state index < -0.39 is 0 Å². The summed E-state index contributed by atoms with van der Waals surface area (Å²) in [6.07, 6.45) is 0. The van der Waals surface area contributed by atoms with Crippen molar-refractivity contribution in [3.05, 3.63) is 57.0 Å². The molecule has 8 heteroatoms. The number of hydrogen-bond acceptors (Lipinski definition) is 6. The molecule has 0 saturated carbocycles. The summed E-state index contributed by atoms with van der Waals surface area (Å²) in [5, 5.41) is 6.06. The fourth-order valence-electron chi connectivity index (χ4n) is 2.54. The maximum atomic E-state index is 12.9. The van der Waals surface area contributed by atoms with Gasteiger partial charge in [-0.15, -0.1) is 11.3 Å². The number of nitrogens with one attached hydrogen (secondary N) is 1. The van der Waals surface area contributed by atoms with Crippen LogP contribution in [0.2, 0.25) is 0 Å². The number of aromatic nitrogens is 2. The average molecular weight is 403 g/mol. The van der Waals surface area contributed by atoms with Gasteiger partial charge in [0, 0.05) is 18.0 Å². The smallest absolute Gasteiger partial charge is 0.262 e. The van der Waals surface area contributed by atoms with Crippen LogP contribution in [0.4, 0.5) is 0 Å². The molecule has 0 aliphatic carbocycles. The van der Waals surface area contributed by atoms with Crippen LogP contribution < -0.4 is 10.9 Å². The molecule has 2 aromatic heterocycles. The van der Waals surface area contributed by atoms with Gasteiger partial charge in [-0.2, -0.15) is 0 Å². The minimum absolute atomic E-state index is 0.0658. The first-order valence-corrected chi connectivity index (χ1v) is 10.5. The van der Waals surface area contributed by atoms with Crippen molar-refractivity contribution in [2.75, 3.05) is 26.4 Å². The van der Waals surface area contributed by atoms with E-state index in [1.54, 1.807) is 22.0 Å². The Balaban J connectivity index is 1.76. The fourth-order valence-corrected chi connectivity index (χ4v) is 4.03. The van der Waals surface area contributed by atoms with Crippen LogP contribution in [0.1, 0.15) is 4.88 Å². The van der Waals surface area contributed by atoms with Gasteiger partial charge in [-0.25, -0.2) is 4.98 Å². The van der Waals surface area contributed by atoms with Crippen molar-refractivity contribution >= 4 is 39.9 Å². The van der Waals surface area contributed by atoms with Gasteiger partial charge in [-0.3, -0.25) is 14.2 Å². The Bertz CT molecular complexity index is 968. The van der Waals surface area contributed by atoms with Crippen LogP contribution in [0, 0.1) is 0 Å². The lowest BCUT2D eigenvalue weighted by atomic mass is 10.2. The van der Waals surface area contributed by atoms with E-state index in [1.165, 1.54) is 11.8 Å². The van der Waals surface area contributed by atoms with E-state index >= 15 is 0 Å². The molecule has 0 spiro atoms. The van der Waals surface area contributed by atoms with Crippen LogP contribution >= 0.6 is 23.1 Å². The summed E-state index contributed by atoms with van der Waals surface area (Å²) in [6, 6.07) is 11.3. The number of carbonyl (C=O) groups is 1. The summed E-state index contributed by atoms with van der Waals surface area (Å²) in [7, 11) is 3.93. The average Bonchev–Trinajstić information content (AvgIpc) is 3.17. The van der Waals surface area contributed by atoms with Crippen molar-refractivity contribution in [2.24, 2.45) is 0 Å². The maximum absolute atomic E-state index is 12.9. The van der Waals surface area contributed by atoms with E-state index in [2.05, 4.69) is 10.3 Å². The number of likely N-dealkylation sites (N-methyl/N-ethyl adjacent to an activating group) is 1. The van der Waals surface area contributed by atoms with Crippen LogP contribution in [-0.2, 0) is 17.9 Å². The number of fused-ring (bicyclic) bond motifs is 1. The Labute approximate surface area is 166 Å². The van der Waals surface area contributed by atoms with Gasteiger partial charge in [-0.05, 0) is 37.7 Å². The Kier molecular flexibility index (Phi) is 6.65. The van der Waals surface area contributed by atoms with E-state index in [9.17, 15) is 9.59 Å². The van der Waals surface area contributed by atoms with Gasteiger partial charge in [0.15, 0.2) is 5.16 Å². The van der Waals surface area contributed by atoms with Gasteiger partial charge in [0.1, 0.15) is 0 Å². The molecule has 0 aliphatic heterocycles. The zero-order valence-corrected chi connectivity index (χ0v) is 17.0. The molecule has 0 unspecified atom stereocenters. The number of rotatable bonds is 8. The van der Waals surface area contributed by atoms with E-state index in [0.717, 1.165) is 11.4 Å². The number of carbonyl (C=O) groups excluding carboxylic acids is 1. The van der Waals surface area contributed by atoms with Crippen molar-refractivity contribution in [1.29, 1.82) is 0 Å². The highest BCUT2D eigenvalue weighted by molar-refractivity contribution is 7.99. The third-order valence-electron chi connectivity index (χ3n) is 3.97. The van der Waals surface area contributed by atoms with E-state index in [0.29, 0.717) is 29.1 Å². The summed E-state index contributed by atoms with van der Waals surface area (Å²) in [4.78, 5) is 32.8. The lowest BCUT2D eigenvalue weighted by Gasteiger charge is -2.15. The predicted molar refractivity (Wildman–Crippen MR) is 111 cm³/mol. The highest BCUT2D eigenvalue weighted by Crippen LogP contribution is 2.18. The first-order valence-electron chi connectivity index (χ1n) is 8.61. The van der Waals surface area contributed by atoms with Crippen LogP contribution in [-0.4, -0.2) is 46.8 Å². The molecule has 6 nitrogen and oxygen atoms in total. The Morgan fingerprint density at radius 1 is 1.26 bits per heavy atom. The molecular formula is C19H22N4O2S2. The third kappa shape index (κ3) is 5.18. The topological polar surface area (TPSA) is 67.2 Å². The third-order valence-corrected chi connectivity index (χ3v) is 5.82. The molecule has 0 radical (unpaired) electrons. The second kappa shape index (κ2) is 9.16. The molecule has 27 heavy (non-hydrogen) atoms. The molecule has 0 bridgehead atoms. The van der Waals surface area contributed by atoms with Gasteiger partial charge < -0.3 is 10.2 Å². The highest BCUT2D eigenvalue weighted by Gasteiger charge is 2.13. The molecule has 0 saturated heterocycles. The van der Waals surface area contributed by atoms with Gasteiger partial charge in [-0.1, -0.05) is 30.0 Å². The number of amides is 1.